The molecule has 1 aliphatic rings. The fourth-order valence-corrected chi connectivity index (χ4v) is 3.04. The number of ether oxygens (including phenoxy) is 1. The van der Waals surface area contributed by atoms with Gasteiger partial charge in [-0.15, -0.1) is 0 Å². The van der Waals surface area contributed by atoms with Crippen LogP contribution < -0.4 is 0 Å². The molecule has 1 rings (SSSR count). The number of carboxylic acid groups (broad SMARTS) is 1. The summed E-state index contributed by atoms with van der Waals surface area (Å²) in [5, 5.41) is 8.37. The van der Waals surface area contributed by atoms with Crippen LogP contribution in [0.5, 0.6) is 0 Å². The molecule has 0 bridgehead atoms. The standard InChI is InChI=1S/C14H26O3/c1-11(6-5-9-17-13(15)16)12-7-4-8-14(2,3)10-12/h11-12H,4-10H2,1-3H3,(H,15,16). The van der Waals surface area contributed by atoms with E-state index in [1.807, 2.05) is 0 Å². The van der Waals surface area contributed by atoms with E-state index in [-0.39, 0.29) is 0 Å². The predicted molar refractivity (Wildman–Crippen MR) is 68.1 cm³/mol. The maximum absolute atomic E-state index is 10.2. The van der Waals surface area contributed by atoms with Gasteiger partial charge in [0.1, 0.15) is 0 Å². The van der Waals surface area contributed by atoms with Crippen LogP contribution in [-0.4, -0.2) is 17.9 Å². The molecule has 0 amide bonds. The minimum absolute atomic E-state index is 0.343. The molecule has 1 N–H and O–H groups in total. The number of hydrogen-bond donors (Lipinski definition) is 1. The molecule has 0 aliphatic heterocycles. The van der Waals surface area contributed by atoms with Crippen LogP contribution in [0.15, 0.2) is 0 Å². The second kappa shape index (κ2) is 6.27. The Hall–Kier alpha value is -0.730. The first kappa shape index (κ1) is 14.3. The maximum Gasteiger partial charge on any atom is 0.505 e. The van der Waals surface area contributed by atoms with Gasteiger partial charge >= 0.3 is 6.16 Å². The minimum atomic E-state index is -1.16. The average molecular weight is 242 g/mol. The van der Waals surface area contributed by atoms with E-state index in [1.165, 1.54) is 25.7 Å². The van der Waals surface area contributed by atoms with E-state index in [0.717, 1.165) is 18.8 Å². The van der Waals surface area contributed by atoms with Gasteiger partial charge in [-0.2, -0.15) is 0 Å². The van der Waals surface area contributed by atoms with Crippen molar-refractivity contribution < 1.29 is 14.6 Å². The van der Waals surface area contributed by atoms with Crippen molar-refractivity contribution in [2.45, 2.75) is 59.3 Å². The van der Waals surface area contributed by atoms with Crippen LogP contribution >= 0.6 is 0 Å². The van der Waals surface area contributed by atoms with E-state index in [2.05, 4.69) is 25.5 Å². The highest BCUT2D eigenvalue weighted by molar-refractivity contribution is 5.56. The van der Waals surface area contributed by atoms with Crippen molar-refractivity contribution in [2.75, 3.05) is 6.61 Å². The van der Waals surface area contributed by atoms with Crippen LogP contribution in [0.4, 0.5) is 4.79 Å². The van der Waals surface area contributed by atoms with Crippen LogP contribution in [0.25, 0.3) is 0 Å². The molecule has 2 unspecified atom stereocenters. The summed E-state index contributed by atoms with van der Waals surface area (Å²) in [5.41, 5.74) is 0.495. The Kier molecular flexibility index (Phi) is 5.29. The minimum Gasteiger partial charge on any atom is -0.450 e. The van der Waals surface area contributed by atoms with Gasteiger partial charge in [-0.3, -0.25) is 0 Å². The SMILES string of the molecule is CC(CCCOC(=O)O)C1CCCC(C)(C)C1. The lowest BCUT2D eigenvalue weighted by Crippen LogP contribution is -2.26. The molecule has 3 nitrogen and oxygen atoms in total. The Bertz CT molecular complexity index is 248. The average Bonchev–Trinajstić information content (AvgIpc) is 2.22. The molecule has 1 aliphatic carbocycles. The van der Waals surface area contributed by atoms with Crippen molar-refractivity contribution in [2.24, 2.45) is 17.3 Å². The van der Waals surface area contributed by atoms with E-state index in [9.17, 15) is 4.79 Å². The van der Waals surface area contributed by atoms with Crippen molar-refractivity contribution >= 4 is 6.16 Å². The van der Waals surface area contributed by atoms with Gasteiger partial charge in [0.25, 0.3) is 0 Å². The largest absolute Gasteiger partial charge is 0.505 e. The molecule has 2 atom stereocenters. The Balaban J connectivity index is 2.22. The molecule has 0 radical (unpaired) electrons. The van der Waals surface area contributed by atoms with Crippen molar-refractivity contribution in [1.29, 1.82) is 0 Å². The van der Waals surface area contributed by atoms with Gasteiger partial charge in [0, 0.05) is 0 Å². The number of carbonyl (C=O) groups is 1. The van der Waals surface area contributed by atoms with E-state index in [4.69, 9.17) is 5.11 Å². The second-order valence-corrected chi connectivity index (χ2v) is 6.25. The summed E-state index contributed by atoms with van der Waals surface area (Å²) in [4.78, 5) is 10.2. The quantitative estimate of drug-likeness (QED) is 0.577. The Labute approximate surface area is 105 Å². The first-order valence-corrected chi connectivity index (χ1v) is 6.76. The molecule has 0 saturated heterocycles. The molecule has 100 valence electrons. The molecule has 1 saturated carbocycles. The lowest BCUT2D eigenvalue weighted by atomic mass is 9.68. The first-order chi connectivity index (χ1) is 7.91. The zero-order chi connectivity index (χ0) is 12.9. The van der Waals surface area contributed by atoms with E-state index in [1.54, 1.807) is 0 Å². The fraction of sp³-hybridized carbons (Fsp3) is 0.929. The van der Waals surface area contributed by atoms with Crippen LogP contribution in [0, 0.1) is 17.3 Å². The summed E-state index contributed by atoms with van der Waals surface area (Å²) < 4.78 is 4.54. The molecule has 0 aromatic rings. The normalized spacial score (nSPS) is 25.2. The summed E-state index contributed by atoms with van der Waals surface area (Å²) in [6.45, 7) is 7.36. The molecule has 1 fully saturated rings. The lowest BCUT2D eigenvalue weighted by molar-refractivity contribution is 0.0851. The monoisotopic (exact) mass is 242 g/mol. The molecule has 3 heteroatoms. The second-order valence-electron chi connectivity index (χ2n) is 6.25. The van der Waals surface area contributed by atoms with Crippen LogP contribution in [-0.2, 0) is 4.74 Å². The molecule has 0 aromatic carbocycles. The summed E-state index contributed by atoms with van der Waals surface area (Å²) in [5.74, 6) is 1.50. The van der Waals surface area contributed by atoms with Crippen LogP contribution in [0.3, 0.4) is 0 Å². The summed E-state index contributed by atoms with van der Waals surface area (Å²) in [7, 11) is 0. The fourth-order valence-electron chi connectivity index (χ4n) is 3.04. The van der Waals surface area contributed by atoms with E-state index in [0.29, 0.717) is 17.9 Å². The zero-order valence-electron chi connectivity index (χ0n) is 11.4. The summed E-state index contributed by atoms with van der Waals surface area (Å²) >= 11 is 0. The van der Waals surface area contributed by atoms with Crippen molar-refractivity contribution in [3.05, 3.63) is 0 Å². The van der Waals surface area contributed by atoms with Gasteiger partial charge < -0.3 is 9.84 Å². The Morgan fingerprint density at radius 2 is 2.24 bits per heavy atom. The lowest BCUT2D eigenvalue weighted by Gasteiger charge is -2.38. The predicted octanol–water partition coefficient (Wildman–Crippen LogP) is 4.31. The van der Waals surface area contributed by atoms with Gasteiger partial charge in [-0.05, 0) is 42.9 Å². The van der Waals surface area contributed by atoms with Crippen molar-refractivity contribution in [1.82, 2.24) is 0 Å². The Morgan fingerprint density at radius 3 is 2.82 bits per heavy atom. The smallest absolute Gasteiger partial charge is 0.450 e. The summed E-state index contributed by atoms with van der Waals surface area (Å²) in [6, 6.07) is 0. The molecule has 0 heterocycles. The van der Waals surface area contributed by atoms with Gasteiger partial charge in [0.15, 0.2) is 0 Å². The molecule has 17 heavy (non-hydrogen) atoms. The van der Waals surface area contributed by atoms with Gasteiger partial charge in [-0.25, -0.2) is 4.79 Å². The first-order valence-electron chi connectivity index (χ1n) is 6.76. The highest BCUT2D eigenvalue weighted by Gasteiger charge is 2.30. The van der Waals surface area contributed by atoms with Crippen LogP contribution in [0.2, 0.25) is 0 Å². The van der Waals surface area contributed by atoms with Gasteiger partial charge in [0.05, 0.1) is 6.61 Å². The molecule has 0 spiro atoms. The molecular formula is C14H26O3. The highest BCUT2D eigenvalue weighted by atomic mass is 16.7. The van der Waals surface area contributed by atoms with Crippen molar-refractivity contribution in [3.8, 4) is 0 Å². The third kappa shape index (κ3) is 5.42. The third-order valence-electron chi connectivity index (χ3n) is 4.08. The van der Waals surface area contributed by atoms with Gasteiger partial charge in [-0.1, -0.05) is 33.6 Å². The summed E-state index contributed by atoms with van der Waals surface area (Å²) in [6.07, 6.45) is 6.11. The number of hydrogen-bond acceptors (Lipinski definition) is 2. The molecular weight excluding hydrogens is 216 g/mol. The van der Waals surface area contributed by atoms with Gasteiger partial charge in [0.2, 0.25) is 0 Å². The maximum atomic E-state index is 10.2. The van der Waals surface area contributed by atoms with E-state index >= 15 is 0 Å². The number of rotatable bonds is 5. The molecule has 0 aromatic heterocycles. The third-order valence-corrected chi connectivity index (χ3v) is 4.08. The van der Waals surface area contributed by atoms with E-state index < -0.39 is 6.16 Å². The zero-order valence-corrected chi connectivity index (χ0v) is 11.4. The van der Waals surface area contributed by atoms with Crippen molar-refractivity contribution in [3.63, 3.8) is 0 Å². The Morgan fingerprint density at radius 1 is 1.53 bits per heavy atom. The topological polar surface area (TPSA) is 46.5 Å². The van der Waals surface area contributed by atoms with Crippen LogP contribution in [0.1, 0.15) is 59.3 Å². The highest BCUT2D eigenvalue weighted by Crippen LogP contribution is 2.42.